The van der Waals surface area contributed by atoms with Gasteiger partial charge in [-0.15, -0.1) is 0 Å². The average Bonchev–Trinajstić information content (AvgIpc) is 2.97. The molecular weight excluding hydrogens is 322 g/mol. The molecule has 2 rings (SSSR count). The SMILES string of the molecule is CN(C)CCn1ncc(Br)c1C(NN)c1cn(C)cn1. The van der Waals surface area contributed by atoms with Gasteiger partial charge in [0.25, 0.3) is 0 Å². The van der Waals surface area contributed by atoms with E-state index in [1.165, 1.54) is 0 Å². The summed E-state index contributed by atoms with van der Waals surface area (Å²) in [5.41, 5.74) is 4.67. The molecule has 8 heteroatoms. The molecule has 2 heterocycles. The van der Waals surface area contributed by atoms with E-state index in [9.17, 15) is 0 Å². The van der Waals surface area contributed by atoms with E-state index in [-0.39, 0.29) is 6.04 Å². The highest BCUT2D eigenvalue weighted by atomic mass is 79.9. The molecule has 110 valence electrons. The van der Waals surface area contributed by atoms with Gasteiger partial charge in [0.05, 0.1) is 34.9 Å². The van der Waals surface area contributed by atoms with Crippen LogP contribution in [-0.2, 0) is 13.6 Å². The van der Waals surface area contributed by atoms with E-state index in [2.05, 4.69) is 36.3 Å². The Morgan fingerprint density at radius 1 is 1.50 bits per heavy atom. The van der Waals surface area contributed by atoms with Crippen LogP contribution in [0.15, 0.2) is 23.2 Å². The van der Waals surface area contributed by atoms with Crippen molar-refractivity contribution in [2.75, 3.05) is 20.6 Å². The quantitative estimate of drug-likeness (QED) is 0.590. The third-order valence-corrected chi connectivity index (χ3v) is 3.66. The number of nitrogens with two attached hydrogens (primary N) is 1. The molecule has 0 amide bonds. The van der Waals surface area contributed by atoms with Crippen LogP contribution in [0.3, 0.4) is 0 Å². The lowest BCUT2D eigenvalue weighted by Crippen LogP contribution is -2.32. The first-order chi connectivity index (χ1) is 9.52. The van der Waals surface area contributed by atoms with Gasteiger partial charge in [0.1, 0.15) is 6.04 Å². The zero-order valence-corrected chi connectivity index (χ0v) is 13.5. The number of aromatic nitrogens is 4. The molecule has 0 saturated carbocycles. The minimum Gasteiger partial charge on any atom is -0.340 e. The number of hydrogen-bond acceptors (Lipinski definition) is 5. The molecule has 1 unspecified atom stereocenters. The second-order valence-electron chi connectivity index (χ2n) is 4.97. The molecule has 0 aromatic carbocycles. The fourth-order valence-electron chi connectivity index (χ4n) is 2.02. The maximum Gasteiger partial charge on any atom is 0.108 e. The molecular formula is C12H20BrN7. The van der Waals surface area contributed by atoms with Crippen molar-refractivity contribution in [1.82, 2.24) is 29.7 Å². The third-order valence-electron chi connectivity index (χ3n) is 3.05. The molecule has 0 saturated heterocycles. The Labute approximate surface area is 126 Å². The Bertz CT molecular complexity index is 560. The van der Waals surface area contributed by atoms with Crippen molar-refractivity contribution in [2.24, 2.45) is 12.9 Å². The van der Waals surface area contributed by atoms with Crippen LogP contribution >= 0.6 is 15.9 Å². The van der Waals surface area contributed by atoms with Gasteiger partial charge in [0, 0.05) is 19.8 Å². The van der Waals surface area contributed by atoms with Gasteiger partial charge < -0.3 is 9.47 Å². The Kier molecular flexibility index (Phi) is 4.92. The highest BCUT2D eigenvalue weighted by Crippen LogP contribution is 2.27. The molecule has 0 fully saturated rings. The number of imidazole rings is 1. The lowest BCUT2D eigenvalue weighted by atomic mass is 10.1. The van der Waals surface area contributed by atoms with E-state index in [0.717, 1.165) is 29.0 Å². The molecule has 20 heavy (non-hydrogen) atoms. The highest BCUT2D eigenvalue weighted by Gasteiger charge is 2.22. The van der Waals surface area contributed by atoms with E-state index in [4.69, 9.17) is 5.84 Å². The largest absolute Gasteiger partial charge is 0.340 e. The molecule has 0 radical (unpaired) electrons. The van der Waals surface area contributed by atoms with Crippen LogP contribution in [0.4, 0.5) is 0 Å². The van der Waals surface area contributed by atoms with Crippen molar-refractivity contribution in [2.45, 2.75) is 12.6 Å². The fourth-order valence-corrected chi connectivity index (χ4v) is 2.54. The molecule has 0 aliphatic carbocycles. The van der Waals surface area contributed by atoms with Gasteiger partial charge in [-0.25, -0.2) is 10.4 Å². The van der Waals surface area contributed by atoms with Crippen LogP contribution in [0.1, 0.15) is 17.4 Å². The van der Waals surface area contributed by atoms with Gasteiger partial charge in [-0.3, -0.25) is 10.5 Å². The third kappa shape index (κ3) is 3.26. The molecule has 2 aromatic heterocycles. The molecule has 3 N–H and O–H groups in total. The first-order valence-electron chi connectivity index (χ1n) is 6.33. The monoisotopic (exact) mass is 341 g/mol. The summed E-state index contributed by atoms with van der Waals surface area (Å²) in [4.78, 5) is 6.48. The molecule has 2 aromatic rings. The number of hydrogen-bond donors (Lipinski definition) is 2. The minimum absolute atomic E-state index is 0.199. The van der Waals surface area contributed by atoms with E-state index in [1.54, 1.807) is 12.5 Å². The van der Waals surface area contributed by atoms with E-state index in [1.807, 2.05) is 36.6 Å². The molecule has 7 nitrogen and oxygen atoms in total. The summed E-state index contributed by atoms with van der Waals surface area (Å²) in [5.74, 6) is 5.73. The predicted octanol–water partition coefficient (Wildman–Crippen LogP) is 0.493. The number of nitrogens with zero attached hydrogens (tertiary/aromatic N) is 5. The second kappa shape index (κ2) is 6.49. The van der Waals surface area contributed by atoms with Crippen LogP contribution < -0.4 is 11.3 Å². The molecule has 1 atom stereocenters. The molecule has 0 aliphatic rings. The average molecular weight is 342 g/mol. The van der Waals surface area contributed by atoms with Gasteiger partial charge in [0.15, 0.2) is 0 Å². The standard InChI is InChI=1S/C12H20BrN7/c1-18(2)4-5-20-12(9(13)6-16-20)11(17-14)10-7-19(3)8-15-10/h6-8,11,17H,4-5,14H2,1-3H3. The van der Waals surface area contributed by atoms with E-state index in [0.29, 0.717) is 0 Å². The molecule has 0 bridgehead atoms. The maximum absolute atomic E-state index is 5.73. The second-order valence-corrected chi connectivity index (χ2v) is 5.82. The number of halogens is 1. The van der Waals surface area contributed by atoms with E-state index < -0.39 is 0 Å². The van der Waals surface area contributed by atoms with Gasteiger partial charge in [0.2, 0.25) is 0 Å². The van der Waals surface area contributed by atoms with Crippen LogP contribution in [0.2, 0.25) is 0 Å². The van der Waals surface area contributed by atoms with E-state index >= 15 is 0 Å². The first-order valence-corrected chi connectivity index (χ1v) is 7.12. The van der Waals surface area contributed by atoms with Crippen molar-refractivity contribution < 1.29 is 0 Å². The predicted molar refractivity (Wildman–Crippen MR) is 80.9 cm³/mol. The number of hydrazine groups is 1. The van der Waals surface area contributed by atoms with Crippen LogP contribution in [0.25, 0.3) is 0 Å². The Morgan fingerprint density at radius 3 is 2.80 bits per heavy atom. The van der Waals surface area contributed by atoms with Gasteiger partial charge in [-0.05, 0) is 30.0 Å². The maximum atomic E-state index is 5.73. The first kappa shape index (κ1) is 15.2. The zero-order chi connectivity index (χ0) is 14.7. The molecule has 0 aliphatic heterocycles. The summed E-state index contributed by atoms with van der Waals surface area (Å²) in [5, 5.41) is 4.40. The topological polar surface area (TPSA) is 76.9 Å². The van der Waals surface area contributed by atoms with Gasteiger partial charge >= 0.3 is 0 Å². The van der Waals surface area contributed by atoms with Crippen LogP contribution in [0, 0.1) is 0 Å². The minimum atomic E-state index is -0.199. The Balaban J connectivity index is 2.31. The summed E-state index contributed by atoms with van der Waals surface area (Å²) in [6, 6.07) is -0.199. The van der Waals surface area contributed by atoms with Gasteiger partial charge in [-0.1, -0.05) is 0 Å². The van der Waals surface area contributed by atoms with Crippen molar-refractivity contribution in [1.29, 1.82) is 0 Å². The number of nitrogens with one attached hydrogen (secondary N) is 1. The van der Waals surface area contributed by atoms with Crippen molar-refractivity contribution in [3.8, 4) is 0 Å². The number of likely N-dealkylation sites (N-methyl/N-ethyl adjacent to an activating group) is 1. The molecule has 0 spiro atoms. The fraction of sp³-hybridized carbons (Fsp3) is 0.500. The van der Waals surface area contributed by atoms with Crippen molar-refractivity contribution in [3.05, 3.63) is 34.6 Å². The summed E-state index contributed by atoms with van der Waals surface area (Å²) in [7, 11) is 6.01. The van der Waals surface area contributed by atoms with Gasteiger partial charge in [-0.2, -0.15) is 5.10 Å². The highest BCUT2D eigenvalue weighted by molar-refractivity contribution is 9.10. The van der Waals surface area contributed by atoms with Crippen LogP contribution in [-0.4, -0.2) is 44.9 Å². The summed E-state index contributed by atoms with van der Waals surface area (Å²) in [6.07, 6.45) is 5.49. The zero-order valence-electron chi connectivity index (χ0n) is 11.9. The number of rotatable bonds is 6. The Hall–Kier alpha value is -1.22. The summed E-state index contributed by atoms with van der Waals surface area (Å²) in [6.45, 7) is 1.69. The summed E-state index contributed by atoms with van der Waals surface area (Å²) < 4.78 is 4.77. The van der Waals surface area contributed by atoms with Crippen molar-refractivity contribution in [3.63, 3.8) is 0 Å². The lowest BCUT2D eigenvalue weighted by Gasteiger charge is -2.18. The normalized spacial score (nSPS) is 13.1. The smallest absolute Gasteiger partial charge is 0.108 e. The van der Waals surface area contributed by atoms with Crippen LogP contribution in [0.5, 0.6) is 0 Å². The number of aryl methyl sites for hydroxylation is 1. The summed E-state index contributed by atoms with van der Waals surface area (Å²) >= 11 is 3.54. The Morgan fingerprint density at radius 2 is 2.25 bits per heavy atom. The van der Waals surface area contributed by atoms with Crippen molar-refractivity contribution >= 4 is 15.9 Å². The lowest BCUT2D eigenvalue weighted by molar-refractivity contribution is 0.365.